The Balaban J connectivity index is 3.28. The van der Waals surface area contributed by atoms with E-state index in [1.807, 2.05) is 6.92 Å². The maximum Gasteiger partial charge on any atom is 0.226 e. The Morgan fingerprint density at radius 1 is 1.73 bits per heavy atom. The first kappa shape index (κ1) is 10.3. The molecule has 0 aromatic heterocycles. The van der Waals surface area contributed by atoms with Gasteiger partial charge in [0, 0.05) is 4.92 Å². The molecule has 0 radical (unpaired) electrons. The van der Waals surface area contributed by atoms with Crippen LogP contribution in [0.4, 0.5) is 0 Å². The van der Waals surface area contributed by atoms with Gasteiger partial charge in [0.1, 0.15) is 6.61 Å². The van der Waals surface area contributed by atoms with Crippen LogP contribution in [0.3, 0.4) is 0 Å². The van der Waals surface area contributed by atoms with Crippen molar-refractivity contribution in [3.8, 4) is 0 Å². The Hall–Kier alpha value is -0.680. The van der Waals surface area contributed by atoms with Crippen LogP contribution in [0, 0.1) is 10.1 Å². The summed E-state index contributed by atoms with van der Waals surface area (Å²) >= 11 is 0. The molecule has 0 saturated heterocycles. The van der Waals surface area contributed by atoms with E-state index in [9.17, 15) is 10.1 Å². The summed E-state index contributed by atoms with van der Waals surface area (Å²) < 4.78 is 4.96. The molecule has 0 aliphatic carbocycles. The summed E-state index contributed by atoms with van der Waals surface area (Å²) in [6.07, 6.45) is 0.420. The number of aliphatic hydroxyl groups excluding tert-OH is 1. The van der Waals surface area contributed by atoms with E-state index in [1.165, 1.54) is 0 Å². The van der Waals surface area contributed by atoms with Crippen molar-refractivity contribution in [1.29, 1.82) is 0 Å². The summed E-state index contributed by atoms with van der Waals surface area (Å²) in [6.45, 7) is 1.66. The largest absolute Gasteiger partial charge is 0.394 e. The molecule has 11 heavy (non-hydrogen) atoms. The Bertz CT molecular complexity index is 113. The molecule has 0 aromatic rings. The Labute approximate surface area is 65.1 Å². The van der Waals surface area contributed by atoms with Gasteiger partial charge in [0.25, 0.3) is 0 Å². The molecule has 0 rings (SSSR count). The second kappa shape index (κ2) is 6.06. The molecular weight excluding hydrogens is 150 g/mol. The first-order valence-corrected chi connectivity index (χ1v) is 3.55. The fourth-order valence-electron chi connectivity index (χ4n) is 0.594. The third-order valence-corrected chi connectivity index (χ3v) is 1.29. The quantitative estimate of drug-likeness (QED) is 0.443. The van der Waals surface area contributed by atoms with E-state index in [0.29, 0.717) is 6.42 Å². The number of nitrogens with zero attached hydrogens (tertiary/aromatic N) is 1. The summed E-state index contributed by atoms with van der Waals surface area (Å²) in [6, 6.07) is 0. The van der Waals surface area contributed by atoms with E-state index >= 15 is 0 Å². The zero-order valence-corrected chi connectivity index (χ0v) is 6.52. The molecule has 5 heteroatoms. The van der Waals surface area contributed by atoms with Crippen molar-refractivity contribution in [2.75, 3.05) is 19.8 Å². The normalized spacial score (nSPS) is 12.9. The number of aliphatic hydroxyl groups is 1. The van der Waals surface area contributed by atoms with Gasteiger partial charge in [-0.2, -0.15) is 0 Å². The predicted molar refractivity (Wildman–Crippen MR) is 39.0 cm³/mol. The maximum atomic E-state index is 9.82. The highest BCUT2D eigenvalue weighted by Crippen LogP contribution is 1.95. The van der Waals surface area contributed by atoms with Crippen molar-refractivity contribution in [1.82, 2.24) is 0 Å². The Kier molecular flexibility index (Phi) is 5.68. The topological polar surface area (TPSA) is 72.6 Å². The number of hydrogen-bond acceptors (Lipinski definition) is 4. The van der Waals surface area contributed by atoms with Gasteiger partial charge in [-0.1, -0.05) is 6.92 Å². The van der Waals surface area contributed by atoms with E-state index < -0.39 is 4.92 Å². The molecule has 0 aromatic carbocycles. The van der Waals surface area contributed by atoms with Gasteiger partial charge >= 0.3 is 0 Å². The predicted octanol–water partition coefficient (Wildman–Crippen LogP) is 0.0506. The van der Waals surface area contributed by atoms with Gasteiger partial charge in [0.15, 0.2) is 0 Å². The summed E-state index contributed by atoms with van der Waals surface area (Å²) in [7, 11) is 0. The molecule has 0 aliphatic rings. The van der Waals surface area contributed by atoms with Crippen molar-refractivity contribution in [3.63, 3.8) is 0 Å². The lowest BCUT2D eigenvalue weighted by Gasteiger charge is -2.10. The molecule has 1 atom stereocenters. The van der Waals surface area contributed by atoms with Crippen LogP contribution < -0.4 is 0 Å². The van der Waals surface area contributed by atoms with Crippen LogP contribution in [0.25, 0.3) is 0 Å². The standard InChI is InChI=1S/C6H13NO4/c1-2-6(5-8)11-4-3-7(9)10/h6,8H,2-5H2,1H3. The van der Waals surface area contributed by atoms with Crippen molar-refractivity contribution in [3.05, 3.63) is 10.1 Å². The maximum absolute atomic E-state index is 9.82. The minimum absolute atomic E-state index is 0.0752. The molecule has 0 amide bonds. The van der Waals surface area contributed by atoms with Gasteiger partial charge in [0.05, 0.1) is 12.7 Å². The highest BCUT2D eigenvalue weighted by Gasteiger charge is 2.05. The van der Waals surface area contributed by atoms with Crippen LogP contribution in [0.5, 0.6) is 0 Å². The fourth-order valence-corrected chi connectivity index (χ4v) is 0.594. The SMILES string of the molecule is CCC(CO)OCC[N+](=O)[O-]. The fraction of sp³-hybridized carbons (Fsp3) is 1.00. The van der Waals surface area contributed by atoms with Crippen LogP contribution >= 0.6 is 0 Å². The van der Waals surface area contributed by atoms with E-state index in [2.05, 4.69) is 0 Å². The average Bonchev–Trinajstić information content (AvgIpc) is 1.98. The van der Waals surface area contributed by atoms with E-state index in [0.717, 1.165) is 0 Å². The van der Waals surface area contributed by atoms with Gasteiger partial charge in [-0.05, 0) is 6.42 Å². The van der Waals surface area contributed by atoms with Gasteiger partial charge in [0.2, 0.25) is 6.54 Å². The van der Waals surface area contributed by atoms with E-state index in [-0.39, 0.29) is 25.9 Å². The molecule has 66 valence electrons. The molecule has 0 fully saturated rings. The lowest BCUT2D eigenvalue weighted by molar-refractivity contribution is -0.484. The first-order chi connectivity index (χ1) is 5.20. The summed E-state index contributed by atoms with van der Waals surface area (Å²) in [5, 5.41) is 18.4. The van der Waals surface area contributed by atoms with Crippen molar-refractivity contribution < 1.29 is 14.8 Å². The third kappa shape index (κ3) is 5.75. The zero-order valence-electron chi connectivity index (χ0n) is 6.52. The lowest BCUT2D eigenvalue weighted by atomic mass is 10.3. The van der Waals surface area contributed by atoms with Crippen LogP contribution in [-0.2, 0) is 4.74 Å². The number of hydrogen-bond donors (Lipinski definition) is 1. The van der Waals surface area contributed by atoms with Crippen LogP contribution in [0.15, 0.2) is 0 Å². The lowest BCUT2D eigenvalue weighted by Crippen LogP contribution is -2.20. The van der Waals surface area contributed by atoms with E-state index in [4.69, 9.17) is 9.84 Å². The number of nitro groups is 1. The Morgan fingerprint density at radius 3 is 2.73 bits per heavy atom. The van der Waals surface area contributed by atoms with Crippen molar-refractivity contribution >= 4 is 0 Å². The minimum atomic E-state index is -0.440. The smallest absolute Gasteiger partial charge is 0.226 e. The zero-order chi connectivity index (χ0) is 8.69. The second-order valence-electron chi connectivity index (χ2n) is 2.14. The summed E-state index contributed by atoms with van der Waals surface area (Å²) in [5.41, 5.74) is 0. The molecule has 0 saturated carbocycles. The molecule has 1 N–H and O–H groups in total. The summed E-state index contributed by atoms with van der Waals surface area (Å²) in [5.74, 6) is 0. The molecule has 0 spiro atoms. The average molecular weight is 163 g/mol. The molecule has 0 aliphatic heterocycles. The highest BCUT2D eigenvalue weighted by atomic mass is 16.6. The number of ether oxygens (including phenoxy) is 1. The third-order valence-electron chi connectivity index (χ3n) is 1.29. The van der Waals surface area contributed by atoms with Crippen molar-refractivity contribution in [2.24, 2.45) is 0 Å². The van der Waals surface area contributed by atoms with Gasteiger partial charge in [-0.25, -0.2) is 0 Å². The first-order valence-electron chi connectivity index (χ1n) is 3.55. The van der Waals surface area contributed by atoms with Gasteiger partial charge in [-0.15, -0.1) is 0 Å². The Morgan fingerprint density at radius 2 is 2.36 bits per heavy atom. The molecule has 0 heterocycles. The van der Waals surface area contributed by atoms with Crippen LogP contribution in [0.1, 0.15) is 13.3 Å². The monoisotopic (exact) mass is 163 g/mol. The highest BCUT2D eigenvalue weighted by molar-refractivity contribution is 4.50. The van der Waals surface area contributed by atoms with Crippen LogP contribution in [0.2, 0.25) is 0 Å². The molecule has 5 nitrogen and oxygen atoms in total. The van der Waals surface area contributed by atoms with Crippen molar-refractivity contribution in [2.45, 2.75) is 19.4 Å². The van der Waals surface area contributed by atoms with Crippen LogP contribution in [-0.4, -0.2) is 35.9 Å². The molecular formula is C6H13NO4. The summed E-state index contributed by atoms with van der Waals surface area (Å²) in [4.78, 5) is 9.38. The second-order valence-corrected chi connectivity index (χ2v) is 2.14. The minimum Gasteiger partial charge on any atom is -0.394 e. The van der Waals surface area contributed by atoms with E-state index in [1.54, 1.807) is 0 Å². The van der Waals surface area contributed by atoms with Gasteiger partial charge in [-0.3, -0.25) is 10.1 Å². The van der Waals surface area contributed by atoms with Gasteiger partial charge < -0.3 is 9.84 Å². The molecule has 1 unspecified atom stereocenters. The number of rotatable bonds is 6. The molecule has 0 bridgehead atoms.